The van der Waals surface area contributed by atoms with Crippen LogP contribution >= 0.6 is 35.0 Å². The highest BCUT2D eigenvalue weighted by Gasteiger charge is 2.06. The molecular formula is C19H21Cl2NOS. The molecule has 0 heterocycles. The highest BCUT2D eigenvalue weighted by molar-refractivity contribution is 7.99. The van der Waals surface area contributed by atoms with Gasteiger partial charge in [0.05, 0.1) is 5.75 Å². The van der Waals surface area contributed by atoms with Crippen molar-refractivity contribution in [2.45, 2.75) is 31.9 Å². The molecule has 0 atom stereocenters. The highest BCUT2D eigenvalue weighted by atomic mass is 35.5. The molecule has 24 heavy (non-hydrogen) atoms. The number of halogens is 2. The first-order valence-corrected chi connectivity index (χ1v) is 9.90. The van der Waals surface area contributed by atoms with Crippen LogP contribution in [0.15, 0.2) is 42.5 Å². The van der Waals surface area contributed by atoms with Gasteiger partial charge in [-0.1, -0.05) is 54.7 Å². The van der Waals surface area contributed by atoms with Gasteiger partial charge in [0.2, 0.25) is 5.91 Å². The lowest BCUT2D eigenvalue weighted by molar-refractivity contribution is -0.113. The van der Waals surface area contributed by atoms with Gasteiger partial charge < -0.3 is 5.32 Å². The van der Waals surface area contributed by atoms with Crippen molar-refractivity contribution in [1.29, 1.82) is 0 Å². The van der Waals surface area contributed by atoms with E-state index < -0.39 is 0 Å². The Balaban J connectivity index is 1.76. The summed E-state index contributed by atoms with van der Waals surface area (Å²) in [4.78, 5) is 12.0. The maximum absolute atomic E-state index is 12.0. The van der Waals surface area contributed by atoms with Crippen LogP contribution in [-0.4, -0.2) is 11.7 Å². The predicted molar refractivity (Wildman–Crippen MR) is 106 cm³/mol. The predicted octanol–water partition coefficient (Wildman–Crippen LogP) is 6.21. The first kappa shape index (κ1) is 19.2. The van der Waals surface area contributed by atoms with Crippen LogP contribution in [0.5, 0.6) is 0 Å². The van der Waals surface area contributed by atoms with E-state index in [1.54, 1.807) is 6.07 Å². The molecule has 0 aliphatic rings. The van der Waals surface area contributed by atoms with Crippen molar-refractivity contribution in [3.63, 3.8) is 0 Å². The topological polar surface area (TPSA) is 29.1 Å². The molecule has 0 radical (unpaired) electrons. The molecule has 5 heteroatoms. The molecule has 0 aromatic heterocycles. The first-order valence-electron chi connectivity index (χ1n) is 7.99. The number of aryl methyl sites for hydroxylation is 1. The zero-order valence-corrected chi connectivity index (χ0v) is 16.0. The Bertz CT molecular complexity index is 674. The minimum atomic E-state index is -0.00797. The van der Waals surface area contributed by atoms with Crippen LogP contribution in [0.1, 0.15) is 30.9 Å². The lowest BCUT2D eigenvalue weighted by atomic mass is 10.1. The van der Waals surface area contributed by atoms with Crippen LogP contribution in [0, 0.1) is 0 Å². The summed E-state index contributed by atoms with van der Waals surface area (Å²) >= 11 is 13.5. The quantitative estimate of drug-likeness (QED) is 0.588. The van der Waals surface area contributed by atoms with E-state index in [-0.39, 0.29) is 5.91 Å². The maximum Gasteiger partial charge on any atom is 0.234 e. The molecule has 128 valence electrons. The molecule has 1 amide bonds. The summed E-state index contributed by atoms with van der Waals surface area (Å²) in [7, 11) is 0. The summed E-state index contributed by atoms with van der Waals surface area (Å²) in [5.74, 6) is 1.06. The van der Waals surface area contributed by atoms with Gasteiger partial charge in [-0.2, -0.15) is 0 Å². The highest BCUT2D eigenvalue weighted by Crippen LogP contribution is 2.24. The number of benzene rings is 2. The second kappa shape index (κ2) is 9.97. The lowest BCUT2D eigenvalue weighted by Gasteiger charge is -2.07. The molecule has 0 aliphatic heterocycles. The van der Waals surface area contributed by atoms with Gasteiger partial charge in [-0.3, -0.25) is 4.79 Å². The first-order chi connectivity index (χ1) is 11.6. The number of carbonyl (C=O) groups excluding carboxylic acids is 1. The van der Waals surface area contributed by atoms with Crippen LogP contribution in [0.3, 0.4) is 0 Å². The molecule has 0 spiro atoms. The fourth-order valence-electron chi connectivity index (χ4n) is 2.23. The van der Waals surface area contributed by atoms with Gasteiger partial charge in [-0.15, -0.1) is 11.8 Å². The standard InChI is InChI=1S/C19H21Cl2NOS/c1-2-3-4-14-5-9-17(10-6-14)22-19(23)13-24-12-15-7-8-16(20)11-18(15)21/h5-11H,2-4,12-13H2,1H3,(H,22,23). The van der Waals surface area contributed by atoms with E-state index in [2.05, 4.69) is 24.4 Å². The minimum Gasteiger partial charge on any atom is -0.325 e. The molecule has 1 N–H and O–H groups in total. The minimum absolute atomic E-state index is 0.00797. The van der Waals surface area contributed by atoms with Crippen LogP contribution in [-0.2, 0) is 17.0 Å². The van der Waals surface area contributed by atoms with Crippen LogP contribution < -0.4 is 5.32 Å². The molecule has 0 saturated carbocycles. The number of nitrogens with one attached hydrogen (secondary N) is 1. The van der Waals surface area contributed by atoms with Gasteiger partial charge >= 0.3 is 0 Å². The van der Waals surface area contributed by atoms with E-state index in [4.69, 9.17) is 23.2 Å². The van der Waals surface area contributed by atoms with Crippen molar-refractivity contribution in [2.75, 3.05) is 11.1 Å². The molecular weight excluding hydrogens is 361 g/mol. The number of anilines is 1. The number of unbranched alkanes of at least 4 members (excludes halogenated alkanes) is 1. The second-order valence-corrected chi connectivity index (χ2v) is 7.41. The Morgan fingerprint density at radius 3 is 2.54 bits per heavy atom. The number of hydrogen-bond donors (Lipinski definition) is 1. The zero-order valence-electron chi connectivity index (χ0n) is 13.6. The van der Waals surface area contributed by atoms with Crippen molar-refractivity contribution in [2.24, 2.45) is 0 Å². The van der Waals surface area contributed by atoms with Crippen molar-refractivity contribution < 1.29 is 4.79 Å². The fourth-order valence-corrected chi connectivity index (χ4v) is 3.61. The van der Waals surface area contributed by atoms with E-state index in [0.29, 0.717) is 21.6 Å². The van der Waals surface area contributed by atoms with Crippen molar-refractivity contribution >= 4 is 46.6 Å². The van der Waals surface area contributed by atoms with Crippen molar-refractivity contribution in [3.8, 4) is 0 Å². The average Bonchev–Trinajstić information content (AvgIpc) is 2.56. The van der Waals surface area contributed by atoms with E-state index >= 15 is 0 Å². The molecule has 0 saturated heterocycles. The molecule has 0 fully saturated rings. The van der Waals surface area contributed by atoms with Crippen molar-refractivity contribution in [1.82, 2.24) is 0 Å². The van der Waals surface area contributed by atoms with Gasteiger partial charge in [0.25, 0.3) is 0 Å². The summed E-state index contributed by atoms with van der Waals surface area (Å²) < 4.78 is 0. The third kappa shape index (κ3) is 6.39. The van der Waals surface area contributed by atoms with Crippen molar-refractivity contribution in [3.05, 3.63) is 63.6 Å². The fraction of sp³-hybridized carbons (Fsp3) is 0.316. The molecule has 2 aromatic rings. The Labute approximate surface area is 157 Å². The van der Waals surface area contributed by atoms with Crippen LogP contribution in [0.25, 0.3) is 0 Å². The van der Waals surface area contributed by atoms with Gasteiger partial charge in [0.1, 0.15) is 0 Å². The normalized spacial score (nSPS) is 10.6. The van der Waals surface area contributed by atoms with Gasteiger partial charge in [0, 0.05) is 21.5 Å². The summed E-state index contributed by atoms with van der Waals surface area (Å²) in [6.07, 6.45) is 3.46. The number of amides is 1. The zero-order chi connectivity index (χ0) is 17.4. The Hall–Kier alpha value is -1.16. The third-order valence-corrected chi connectivity index (χ3v) is 5.13. The van der Waals surface area contributed by atoms with E-state index in [0.717, 1.165) is 17.7 Å². The van der Waals surface area contributed by atoms with Gasteiger partial charge in [0.15, 0.2) is 0 Å². The molecule has 0 bridgehead atoms. The molecule has 0 aliphatic carbocycles. The Morgan fingerprint density at radius 2 is 1.88 bits per heavy atom. The average molecular weight is 382 g/mol. The monoisotopic (exact) mass is 381 g/mol. The summed E-state index contributed by atoms with van der Waals surface area (Å²) in [6.45, 7) is 2.18. The second-order valence-electron chi connectivity index (χ2n) is 5.58. The Morgan fingerprint density at radius 1 is 1.12 bits per heavy atom. The molecule has 2 aromatic carbocycles. The molecule has 2 rings (SSSR count). The lowest BCUT2D eigenvalue weighted by Crippen LogP contribution is -2.14. The summed E-state index contributed by atoms with van der Waals surface area (Å²) in [6, 6.07) is 13.5. The number of thioether (sulfide) groups is 1. The number of hydrogen-bond acceptors (Lipinski definition) is 2. The molecule has 2 nitrogen and oxygen atoms in total. The van der Waals surface area contributed by atoms with Gasteiger partial charge in [-0.25, -0.2) is 0 Å². The summed E-state index contributed by atoms with van der Waals surface area (Å²) in [5, 5.41) is 4.18. The number of carbonyl (C=O) groups is 1. The van der Waals surface area contributed by atoms with Crippen LogP contribution in [0.4, 0.5) is 5.69 Å². The van der Waals surface area contributed by atoms with E-state index in [1.165, 1.54) is 30.2 Å². The van der Waals surface area contributed by atoms with E-state index in [9.17, 15) is 4.79 Å². The number of rotatable bonds is 8. The van der Waals surface area contributed by atoms with E-state index in [1.807, 2.05) is 24.3 Å². The third-order valence-electron chi connectivity index (χ3n) is 3.56. The smallest absolute Gasteiger partial charge is 0.234 e. The maximum atomic E-state index is 12.0. The van der Waals surface area contributed by atoms with Gasteiger partial charge in [-0.05, 0) is 48.2 Å². The SMILES string of the molecule is CCCCc1ccc(NC(=O)CSCc2ccc(Cl)cc2Cl)cc1. The molecule has 0 unspecified atom stereocenters. The van der Waals surface area contributed by atoms with Crippen LogP contribution in [0.2, 0.25) is 10.0 Å². The summed E-state index contributed by atoms with van der Waals surface area (Å²) in [5.41, 5.74) is 3.13. The Kier molecular flexibility index (Phi) is 7.97. The largest absolute Gasteiger partial charge is 0.325 e.